The zero-order valence-electron chi connectivity index (χ0n) is 10.3. The molecule has 2 rings (SSSR count). The van der Waals surface area contributed by atoms with Crippen LogP contribution in [0.2, 0.25) is 5.02 Å². The second-order valence-corrected chi connectivity index (χ2v) is 4.36. The Morgan fingerprint density at radius 3 is 2.74 bits per heavy atom. The first-order valence-electron chi connectivity index (χ1n) is 5.84. The number of hydrogen-bond acceptors (Lipinski definition) is 2. The first-order valence-corrected chi connectivity index (χ1v) is 6.22. The average molecular weight is 279 g/mol. The van der Waals surface area contributed by atoms with Crippen molar-refractivity contribution in [3.63, 3.8) is 0 Å². The third-order valence-corrected chi connectivity index (χ3v) is 2.85. The molecule has 0 bridgehead atoms. The van der Waals surface area contributed by atoms with Gasteiger partial charge in [0, 0.05) is 5.02 Å². The Morgan fingerprint density at radius 1 is 1.26 bits per heavy atom. The molecule has 0 atom stereocenters. The Labute approximate surface area is 115 Å². The van der Waals surface area contributed by atoms with Crippen LogP contribution in [-0.2, 0) is 4.74 Å². The summed E-state index contributed by atoms with van der Waals surface area (Å²) in [6.45, 7) is 1.99. The number of ether oxygens (including phenoxy) is 1. The average Bonchev–Trinajstić information content (AvgIpc) is 2.39. The molecule has 0 amide bonds. The predicted octanol–water partition coefficient (Wildman–Crippen LogP) is 4.32. The van der Waals surface area contributed by atoms with Gasteiger partial charge < -0.3 is 4.74 Å². The van der Waals surface area contributed by atoms with Crippen LogP contribution in [0.5, 0.6) is 0 Å². The molecule has 0 N–H and O–H groups in total. The Hall–Kier alpha value is -1.87. The summed E-state index contributed by atoms with van der Waals surface area (Å²) in [6, 6.07) is 10.9. The van der Waals surface area contributed by atoms with Gasteiger partial charge in [-0.25, -0.2) is 9.18 Å². The number of esters is 1. The molecule has 0 heterocycles. The van der Waals surface area contributed by atoms with E-state index >= 15 is 0 Å². The van der Waals surface area contributed by atoms with Crippen molar-refractivity contribution >= 4 is 17.6 Å². The summed E-state index contributed by atoms with van der Waals surface area (Å²) in [5.74, 6) is -0.888. The van der Waals surface area contributed by atoms with Gasteiger partial charge in [0.2, 0.25) is 0 Å². The van der Waals surface area contributed by atoms with E-state index < -0.39 is 11.8 Å². The SMILES string of the molecule is CCOC(=O)c1ccc(F)cc1-c1cccc(Cl)c1. The van der Waals surface area contributed by atoms with Crippen LogP contribution in [0.15, 0.2) is 42.5 Å². The minimum absolute atomic E-state index is 0.269. The van der Waals surface area contributed by atoms with Gasteiger partial charge in [-0.05, 0) is 48.4 Å². The molecule has 0 unspecified atom stereocenters. The fourth-order valence-corrected chi connectivity index (χ4v) is 1.99. The molecule has 0 spiro atoms. The van der Waals surface area contributed by atoms with Crippen LogP contribution in [0.1, 0.15) is 17.3 Å². The number of carbonyl (C=O) groups excluding carboxylic acids is 1. The Bertz CT molecular complexity index is 611. The van der Waals surface area contributed by atoms with E-state index in [1.165, 1.54) is 18.2 Å². The second kappa shape index (κ2) is 5.85. The highest BCUT2D eigenvalue weighted by Gasteiger charge is 2.14. The number of carbonyl (C=O) groups is 1. The fourth-order valence-electron chi connectivity index (χ4n) is 1.80. The number of benzene rings is 2. The summed E-state index contributed by atoms with van der Waals surface area (Å²) in [6.07, 6.45) is 0. The monoisotopic (exact) mass is 278 g/mol. The van der Waals surface area contributed by atoms with Crippen molar-refractivity contribution in [1.82, 2.24) is 0 Å². The molecular weight excluding hydrogens is 267 g/mol. The summed E-state index contributed by atoms with van der Waals surface area (Å²) in [5.41, 5.74) is 1.47. The molecule has 0 aliphatic rings. The minimum atomic E-state index is -0.475. The predicted molar refractivity (Wildman–Crippen MR) is 72.8 cm³/mol. The van der Waals surface area contributed by atoms with Crippen molar-refractivity contribution in [1.29, 1.82) is 0 Å². The van der Waals surface area contributed by atoms with Crippen LogP contribution in [0.25, 0.3) is 11.1 Å². The van der Waals surface area contributed by atoms with Crippen LogP contribution >= 0.6 is 11.6 Å². The van der Waals surface area contributed by atoms with Gasteiger partial charge in [-0.3, -0.25) is 0 Å². The maximum atomic E-state index is 13.4. The van der Waals surface area contributed by atoms with Crippen LogP contribution in [0.3, 0.4) is 0 Å². The zero-order chi connectivity index (χ0) is 13.8. The van der Waals surface area contributed by atoms with Gasteiger partial charge in [-0.2, -0.15) is 0 Å². The molecule has 0 aliphatic heterocycles. The van der Waals surface area contributed by atoms with E-state index in [0.717, 1.165) is 0 Å². The van der Waals surface area contributed by atoms with E-state index in [0.29, 0.717) is 21.7 Å². The lowest BCUT2D eigenvalue weighted by molar-refractivity contribution is 0.0527. The van der Waals surface area contributed by atoms with Gasteiger partial charge in [0.05, 0.1) is 12.2 Å². The molecule has 0 radical (unpaired) electrons. The highest BCUT2D eigenvalue weighted by molar-refractivity contribution is 6.30. The van der Waals surface area contributed by atoms with Crippen LogP contribution in [-0.4, -0.2) is 12.6 Å². The normalized spacial score (nSPS) is 10.3. The van der Waals surface area contributed by atoms with Gasteiger partial charge >= 0.3 is 5.97 Å². The maximum Gasteiger partial charge on any atom is 0.338 e. The molecule has 4 heteroatoms. The Kier molecular flexibility index (Phi) is 4.17. The topological polar surface area (TPSA) is 26.3 Å². The standard InChI is InChI=1S/C15H12ClFO2/c1-2-19-15(18)13-7-6-12(17)9-14(13)10-4-3-5-11(16)8-10/h3-9H,2H2,1H3. The molecule has 2 nitrogen and oxygen atoms in total. The lowest BCUT2D eigenvalue weighted by atomic mass is 9.99. The highest BCUT2D eigenvalue weighted by Crippen LogP contribution is 2.27. The first-order chi connectivity index (χ1) is 9.11. The lowest BCUT2D eigenvalue weighted by Crippen LogP contribution is -2.06. The number of rotatable bonds is 3. The number of halogens is 2. The number of hydrogen-bond donors (Lipinski definition) is 0. The molecule has 2 aromatic rings. The van der Waals surface area contributed by atoms with Crippen LogP contribution in [0.4, 0.5) is 4.39 Å². The van der Waals surface area contributed by atoms with Gasteiger partial charge in [0.15, 0.2) is 0 Å². The summed E-state index contributed by atoms with van der Waals surface area (Å²) in [4.78, 5) is 11.9. The molecule has 0 aliphatic carbocycles. The zero-order valence-corrected chi connectivity index (χ0v) is 11.1. The van der Waals surface area contributed by atoms with E-state index in [1.54, 1.807) is 31.2 Å². The van der Waals surface area contributed by atoms with E-state index in [4.69, 9.17) is 16.3 Å². The third kappa shape index (κ3) is 3.12. The van der Waals surface area contributed by atoms with E-state index in [9.17, 15) is 9.18 Å². The van der Waals surface area contributed by atoms with Crippen LogP contribution in [0, 0.1) is 5.82 Å². The Balaban J connectivity index is 2.54. The molecule has 0 saturated carbocycles. The minimum Gasteiger partial charge on any atom is -0.462 e. The quantitative estimate of drug-likeness (QED) is 0.782. The van der Waals surface area contributed by atoms with Crippen molar-refractivity contribution in [2.24, 2.45) is 0 Å². The molecule has 98 valence electrons. The van der Waals surface area contributed by atoms with Crippen molar-refractivity contribution < 1.29 is 13.9 Å². The molecule has 0 fully saturated rings. The molecule has 2 aromatic carbocycles. The Morgan fingerprint density at radius 2 is 2.05 bits per heavy atom. The van der Waals surface area contributed by atoms with Gasteiger partial charge in [-0.15, -0.1) is 0 Å². The van der Waals surface area contributed by atoms with Crippen molar-refractivity contribution in [2.75, 3.05) is 6.61 Å². The highest BCUT2D eigenvalue weighted by atomic mass is 35.5. The summed E-state index contributed by atoms with van der Waals surface area (Å²) in [7, 11) is 0. The lowest BCUT2D eigenvalue weighted by Gasteiger charge is -2.09. The van der Waals surface area contributed by atoms with Crippen molar-refractivity contribution in [3.8, 4) is 11.1 Å². The summed E-state index contributed by atoms with van der Waals surface area (Å²) < 4.78 is 18.4. The largest absolute Gasteiger partial charge is 0.462 e. The van der Waals surface area contributed by atoms with Crippen molar-refractivity contribution in [2.45, 2.75) is 6.92 Å². The summed E-state index contributed by atoms with van der Waals surface area (Å²) in [5, 5.41) is 0.525. The van der Waals surface area contributed by atoms with Gasteiger partial charge in [-0.1, -0.05) is 23.7 Å². The third-order valence-electron chi connectivity index (χ3n) is 2.61. The maximum absolute atomic E-state index is 13.4. The fraction of sp³-hybridized carbons (Fsp3) is 0.133. The first kappa shape index (κ1) is 13.6. The molecular formula is C15H12ClFO2. The van der Waals surface area contributed by atoms with Crippen LogP contribution < -0.4 is 0 Å². The summed E-state index contributed by atoms with van der Waals surface area (Å²) >= 11 is 5.92. The van der Waals surface area contributed by atoms with E-state index in [-0.39, 0.29) is 6.61 Å². The smallest absolute Gasteiger partial charge is 0.338 e. The molecule has 0 saturated heterocycles. The van der Waals surface area contributed by atoms with E-state index in [2.05, 4.69) is 0 Å². The van der Waals surface area contributed by atoms with E-state index in [1.807, 2.05) is 0 Å². The molecule has 19 heavy (non-hydrogen) atoms. The molecule has 0 aromatic heterocycles. The second-order valence-electron chi connectivity index (χ2n) is 3.92. The van der Waals surface area contributed by atoms with Gasteiger partial charge in [0.1, 0.15) is 5.82 Å². The van der Waals surface area contributed by atoms with Gasteiger partial charge in [0.25, 0.3) is 0 Å². The van der Waals surface area contributed by atoms with Crippen molar-refractivity contribution in [3.05, 3.63) is 58.9 Å².